The van der Waals surface area contributed by atoms with Gasteiger partial charge in [0.05, 0.1) is 5.56 Å². The minimum Gasteiger partial charge on any atom is -0.457 e. The predicted molar refractivity (Wildman–Crippen MR) is 104 cm³/mol. The molecule has 0 spiro atoms. The molecule has 5 rings (SSSR count). The first kappa shape index (κ1) is 15.7. The van der Waals surface area contributed by atoms with E-state index in [4.69, 9.17) is 4.42 Å². The van der Waals surface area contributed by atoms with Crippen LogP contribution in [0.25, 0.3) is 11.3 Å². The molecule has 0 radical (unpaired) electrons. The number of amides is 1. The average Bonchev–Trinajstić information content (AvgIpc) is 3.38. The van der Waals surface area contributed by atoms with Crippen LogP contribution >= 0.6 is 15.9 Å². The van der Waals surface area contributed by atoms with Gasteiger partial charge in [0.15, 0.2) is 6.17 Å². The lowest BCUT2D eigenvalue weighted by atomic mass is 10.1. The van der Waals surface area contributed by atoms with Crippen LogP contribution in [0.4, 0.5) is 5.69 Å². The Balaban J connectivity index is 1.55. The van der Waals surface area contributed by atoms with E-state index in [1.807, 2.05) is 65.6 Å². The zero-order chi connectivity index (χ0) is 17.7. The normalized spacial score (nSPS) is 19.2. The molecule has 1 saturated carbocycles. The molecular weight excluding hydrogens is 392 g/mol. The van der Waals surface area contributed by atoms with Crippen molar-refractivity contribution in [3.8, 4) is 11.3 Å². The largest absolute Gasteiger partial charge is 0.457 e. The summed E-state index contributed by atoms with van der Waals surface area (Å²) in [5.74, 6) is 1.62. The fraction of sp³-hybridized carbons (Fsp3) is 0.190. The summed E-state index contributed by atoms with van der Waals surface area (Å²) in [5.41, 5.74) is 2.59. The summed E-state index contributed by atoms with van der Waals surface area (Å²) in [7, 11) is 0. The zero-order valence-corrected chi connectivity index (χ0v) is 15.6. The van der Waals surface area contributed by atoms with Gasteiger partial charge in [-0.1, -0.05) is 46.3 Å². The van der Waals surface area contributed by atoms with Crippen LogP contribution in [0.1, 0.15) is 35.1 Å². The van der Waals surface area contributed by atoms with Gasteiger partial charge in [0, 0.05) is 21.8 Å². The molecule has 1 atom stereocenters. The van der Waals surface area contributed by atoms with Gasteiger partial charge in [-0.15, -0.1) is 0 Å². The number of nitrogens with zero attached hydrogens (tertiary/aromatic N) is 1. The van der Waals surface area contributed by atoms with Gasteiger partial charge in [0.1, 0.15) is 11.5 Å². The summed E-state index contributed by atoms with van der Waals surface area (Å²) < 4.78 is 7.16. The third-order valence-corrected chi connectivity index (χ3v) is 5.63. The van der Waals surface area contributed by atoms with E-state index in [1.54, 1.807) is 0 Å². The molecule has 26 heavy (non-hydrogen) atoms. The van der Waals surface area contributed by atoms with Gasteiger partial charge in [0.25, 0.3) is 5.91 Å². The molecule has 2 heterocycles. The van der Waals surface area contributed by atoms with Crippen LogP contribution < -0.4 is 5.32 Å². The highest BCUT2D eigenvalue weighted by Gasteiger charge is 2.43. The molecule has 4 nitrogen and oxygen atoms in total. The van der Waals surface area contributed by atoms with E-state index in [0.29, 0.717) is 0 Å². The Bertz CT molecular complexity index is 993. The van der Waals surface area contributed by atoms with Crippen LogP contribution in [0.15, 0.2) is 69.6 Å². The molecule has 1 N–H and O–H groups in total. The second kappa shape index (κ2) is 6.02. The minimum absolute atomic E-state index is 0.0747. The zero-order valence-electron chi connectivity index (χ0n) is 14.0. The van der Waals surface area contributed by atoms with Crippen molar-refractivity contribution >= 4 is 27.5 Å². The van der Waals surface area contributed by atoms with E-state index in [0.717, 1.165) is 45.6 Å². The van der Waals surface area contributed by atoms with Crippen LogP contribution in [-0.4, -0.2) is 16.8 Å². The van der Waals surface area contributed by atoms with E-state index in [1.165, 1.54) is 0 Å². The topological polar surface area (TPSA) is 45.5 Å². The highest BCUT2D eigenvalue weighted by atomic mass is 79.9. The molecule has 1 aliphatic heterocycles. The van der Waals surface area contributed by atoms with Gasteiger partial charge in [-0.2, -0.15) is 0 Å². The van der Waals surface area contributed by atoms with Gasteiger partial charge in [-0.3, -0.25) is 4.79 Å². The van der Waals surface area contributed by atoms with Crippen molar-refractivity contribution in [2.75, 3.05) is 5.32 Å². The maximum atomic E-state index is 13.0. The quantitative estimate of drug-likeness (QED) is 0.627. The lowest BCUT2D eigenvalue weighted by Crippen LogP contribution is -2.44. The number of furan rings is 1. The first-order chi connectivity index (χ1) is 12.7. The third-order valence-electron chi connectivity index (χ3n) is 4.94. The Morgan fingerprint density at radius 3 is 2.46 bits per heavy atom. The lowest BCUT2D eigenvalue weighted by Gasteiger charge is -2.37. The monoisotopic (exact) mass is 408 g/mol. The Morgan fingerprint density at radius 1 is 0.962 bits per heavy atom. The van der Waals surface area contributed by atoms with Crippen LogP contribution in [0.2, 0.25) is 0 Å². The first-order valence-corrected chi connectivity index (χ1v) is 9.54. The van der Waals surface area contributed by atoms with Crippen molar-refractivity contribution in [2.45, 2.75) is 25.0 Å². The Kier molecular flexibility index (Phi) is 3.64. The highest BCUT2D eigenvalue weighted by Crippen LogP contribution is 2.42. The fourth-order valence-electron chi connectivity index (χ4n) is 3.51. The summed E-state index contributed by atoms with van der Waals surface area (Å²) in [6.45, 7) is 0. The van der Waals surface area contributed by atoms with Crippen molar-refractivity contribution in [3.05, 3.63) is 76.5 Å². The average molecular weight is 409 g/mol. The number of hydrogen-bond acceptors (Lipinski definition) is 3. The number of benzene rings is 2. The van der Waals surface area contributed by atoms with Crippen LogP contribution in [0.5, 0.6) is 0 Å². The number of anilines is 1. The molecule has 1 amide bonds. The third kappa shape index (κ3) is 2.54. The van der Waals surface area contributed by atoms with Gasteiger partial charge in [-0.05, 0) is 43.2 Å². The SMILES string of the molecule is O=C1c2ccccc2N[C@H](c2ccc(-c3ccccc3Br)o2)N1C1CC1. The van der Waals surface area contributed by atoms with E-state index in [-0.39, 0.29) is 18.1 Å². The van der Waals surface area contributed by atoms with Gasteiger partial charge in [-0.25, -0.2) is 0 Å². The number of halogens is 1. The van der Waals surface area contributed by atoms with Crippen LogP contribution in [0, 0.1) is 0 Å². The molecule has 3 aromatic rings. The Hall–Kier alpha value is -2.53. The highest BCUT2D eigenvalue weighted by molar-refractivity contribution is 9.10. The van der Waals surface area contributed by atoms with Crippen molar-refractivity contribution in [3.63, 3.8) is 0 Å². The molecule has 1 fully saturated rings. The number of nitrogens with one attached hydrogen (secondary N) is 1. The van der Waals surface area contributed by atoms with E-state index in [2.05, 4.69) is 21.2 Å². The molecule has 1 aromatic heterocycles. The molecule has 5 heteroatoms. The van der Waals surface area contributed by atoms with Crippen LogP contribution in [-0.2, 0) is 0 Å². The lowest BCUT2D eigenvalue weighted by molar-refractivity contribution is 0.0646. The number of carbonyl (C=O) groups excluding carboxylic acids is 1. The Morgan fingerprint density at radius 2 is 1.69 bits per heavy atom. The second-order valence-electron chi connectivity index (χ2n) is 6.72. The Labute approximate surface area is 159 Å². The standard InChI is InChI=1S/C21H17BrN2O2/c22-16-7-3-1-5-14(16)18-11-12-19(26-18)20-23-17-8-4-2-6-15(17)21(25)24(20)13-9-10-13/h1-8,11-13,20,23H,9-10H2/t20-/m0/s1. The maximum Gasteiger partial charge on any atom is 0.258 e. The number of rotatable bonds is 3. The predicted octanol–water partition coefficient (Wildman–Crippen LogP) is 5.44. The summed E-state index contributed by atoms with van der Waals surface area (Å²) in [4.78, 5) is 15.0. The number of fused-ring (bicyclic) bond motifs is 1. The number of carbonyl (C=O) groups is 1. The van der Waals surface area contributed by atoms with E-state index < -0.39 is 0 Å². The number of hydrogen-bond donors (Lipinski definition) is 1. The van der Waals surface area contributed by atoms with Gasteiger partial charge >= 0.3 is 0 Å². The second-order valence-corrected chi connectivity index (χ2v) is 7.57. The van der Waals surface area contributed by atoms with Crippen molar-refractivity contribution in [1.82, 2.24) is 4.90 Å². The van der Waals surface area contributed by atoms with Crippen molar-refractivity contribution in [2.24, 2.45) is 0 Å². The molecular formula is C21H17BrN2O2. The summed E-state index contributed by atoms with van der Waals surface area (Å²) in [5, 5.41) is 3.49. The summed E-state index contributed by atoms with van der Waals surface area (Å²) in [6.07, 6.45) is 1.81. The van der Waals surface area contributed by atoms with Crippen molar-refractivity contribution in [1.29, 1.82) is 0 Å². The smallest absolute Gasteiger partial charge is 0.258 e. The fourth-order valence-corrected chi connectivity index (χ4v) is 3.99. The molecule has 1 aliphatic carbocycles. The number of para-hydroxylation sites is 1. The molecule has 2 aromatic carbocycles. The summed E-state index contributed by atoms with van der Waals surface area (Å²) >= 11 is 3.57. The molecule has 0 unspecified atom stereocenters. The molecule has 0 saturated heterocycles. The minimum atomic E-state index is -0.277. The molecule has 0 bridgehead atoms. The molecule has 130 valence electrons. The molecule has 2 aliphatic rings. The first-order valence-electron chi connectivity index (χ1n) is 8.75. The maximum absolute atomic E-state index is 13.0. The van der Waals surface area contributed by atoms with E-state index >= 15 is 0 Å². The van der Waals surface area contributed by atoms with Crippen LogP contribution in [0.3, 0.4) is 0 Å². The van der Waals surface area contributed by atoms with E-state index in [9.17, 15) is 4.79 Å². The van der Waals surface area contributed by atoms with Gasteiger partial charge < -0.3 is 14.6 Å². The van der Waals surface area contributed by atoms with Crippen molar-refractivity contribution < 1.29 is 9.21 Å². The van der Waals surface area contributed by atoms with Gasteiger partial charge in [0.2, 0.25) is 0 Å². The summed E-state index contributed by atoms with van der Waals surface area (Å²) in [6, 6.07) is 19.8.